The van der Waals surface area contributed by atoms with Gasteiger partial charge in [0.1, 0.15) is 0 Å². The van der Waals surface area contributed by atoms with E-state index in [0.29, 0.717) is 56.4 Å². The number of ether oxygens (including phenoxy) is 2. The third-order valence-electron chi connectivity index (χ3n) is 7.45. The van der Waals surface area contributed by atoms with Crippen molar-refractivity contribution < 1.29 is 32.3 Å². The van der Waals surface area contributed by atoms with Crippen LogP contribution in [-0.2, 0) is 40.3 Å². The summed E-state index contributed by atoms with van der Waals surface area (Å²) in [5.41, 5.74) is 0.424. The van der Waals surface area contributed by atoms with Gasteiger partial charge in [-0.3, -0.25) is 19.8 Å². The van der Waals surface area contributed by atoms with Gasteiger partial charge >= 0.3 is 0 Å². The number of nitrogens with one attached hydrogen (secondary N) is 1. The van der Waals surface area contributed by atoms with Crippen LogP contribution in [0.15, 0.2) is 40.5 Å². The highest BCUT2D eigenvalue weighted by molar-refractivity contribution is 7.92. The van der Waals surface area contributed by atoms with E-state index >= 15 is 0 Å². The summed E-state index contributed by atoms with van der Waals surface area (Å²) in [5.74, 6) is -0.435. The van der Waals surface area contributed by atoms with Crippen molar-refractivity contribution in [1.29, 1.82) is 0 Å². The largest absolute Gasteiger partial charge is 0.389 e. The number of oxime groups is 1. The normalized spacial score (nSPS) is 24.0. The van der Waals surface area contributed by atoms with Gasteiger partial charge in [-0.2, -0.15) is 0 Å². The van der Waals surface area contributed by atoms with Crippen molar-refractivity contribution in [2.75, 3.05) is 51.4 Å². The van der Waals surface area contributed by atoms with Crippen molar-refractivity contribution in [3.8, 4) is 0 Å². The summed E-state index contributed by atoms with van der Waals surface area (Å²) in [6, 6.07) is 6.22. The molecule has 1 aromatic carbocycles. The number of rotatable bonds is 9. The summed E-state index contributed by atoms with van der Waals surface area (Å²) < 4.78 is 36.5. The molecule has 0 bridgehead atoms. The predicted octanol–water partition coefficient (Wildman–Crippen LogP) is 1.91. The number of amides is 2. The average Bonchev–Trinajstić information content (AvgIpc) is 3.73. The highest BCUT2D eigenvalue weighted by Crippen LogP contribution is 2.25. The number of piperazine rings is 1. The zero-order valence-corrected chi connectivity index (χ0v) is 24.8. The van der Waals surface area contributed by atoms with E-state index in [9.17, 15) is 18.0 Å². The minimum atomic E-state index is -3.54. The fourth-order valence-electron chi connectivity index (χ4n) is 5.16. The Morgan fingerprint density at radius 3 is 2.56 bits per heavy atom. The van der Waals surface area contributed by atoms with Crippen molar-refractivity contribution in [3.05, 3.63) is 40.9 Å². The molecule has 3 atom stereocenters. The maximum atomic E-state index is 13.4. The van der Waals surface area contributed by atoms with Crippen LogP contribution in [0.5, 0.6) is 0 Å². The average molecular weight is 606 g/mol. The van der Waals surface area contributed by atoms with Crippen LogP contribution in [0.25, 0.3) is 0 Å². The Kier molecular flexibility index (Phi) is 9.34. The van der Waals surface area contributed by atoms with Gasteiger partial charge in [0.05, 0.1) is 30.0 Å². The number of carbonyl (C=O) groups is 2. The van der Waals surface area contributed by atoms with E-state index in [0.717, 1.165) is 18.0 Å². The van der Waals surface area contributed by atoms with E-state index < -0.39 is 21.0 Å². The molecule has 3 aliphatic rings. The SMILES string of the molecule is CC(=O)N1CCN(Cc2cnc(NC(=O)C(=NO[C@@H]3CCOC3)c3ccc(S(=O)(=O)[C@H]4CCOC4)cc3)s2)C[C@H]1C. The van der Waals surface area contributed by atoms with Crippen molar-refractivity contribution in [1.82, 2.24) is 14.8 Å². The van der Waals surface area contributed by atoms with E-state index in [1.807, 2.05) is 11.8 Å². The monoisotopic (exact) mass is 605 g/mol. The van der Waals surface area contributed by atoms with Crippen LogP contribution >= 0.6 is 11.3 Å². The lowest BCUT2D eigenvalue weighted by Gasteiger charge is -2.39. The molecule has 2 amide bonds. The Morgan fingerprint density at radius 1 is 1.15 bits per heavy atom. The molecule has 0 spiro atoms. The molecule has 5 rings (SSSR count). The van der Waals surface area contributed by atoms with Crippen LogP contribution in [0, 0.1) is 0 Å². The van der Waals surface area contributed by atoms with E-state index in [1.165, 1.54) is 23.5 Å². The van der Waals surface area contributed by atoms with Gasteiger partial charge in [-0.25, -0.2) is 13.4 Å². The predicted molar refractivity (Wildman–Crippen MR) is 153 cm³/mol. The Hall–Kier alpha value is -2.91. The second kappa shape index (κ2) is 12.9. The van der Waals surface area contributed by atoms with Crippen molar-refractivity contribution >= 4 is 43.8 Å². The van der Waals surface area contributed by atoms with Crippen LogP contribution in [0.3, 0.4) is 0 Å². The summed E-state index contributed by atoms with van der Waals surface area (Å²) in [6.45, 7) is 8.05. The zero-order chi connectivity index (χ0) is 29.0. The molecule has 14 heteroatoms. The maximum absolute atomic E-state index is 13.4. The fraction of sp³-hybridized carbons (Fsp3) is 0.556. The van der Waals surface area contributed by atoms with E-state index in [1.54, 1.807) is 25.3 Å². The fourth-order valence-corrected chi connectivity index (χ4v) is 7.59. The minimum absolute atomic E-state index is 0.0102. The molecule has 3 saturated heterocycles. The highest BCUT2D eigenvalue weighted by atomic mass is 32.2. The molecule has 1 N–H and O–H groups in total. The zero-order valence-electron chi connectivity index (χ0n) is 23.2. The van der Waals surface area contributed by atoms with E-state index in [-0.39, 0.29) is 35.3 Å². The molecule has 12 nitrogen and oxygen atoms in total. The molecule has 222 valence electrons. The molecule has 4 heterocycles. The number of hydrogen-bond donors (Lipinski definition) is 1. The molecule has 3 fully saturated rings. The lowest BCUT2D eigenvalue weighted by atomic mass is 10.1. The van der Waals surface area contributed by atoms with Gasteiger partial charge in [0, 0.05) is 68.8 Å². The number of anilines is 1. The quantitative estimate of drug-likeness (QED) is 0.335. The summed E-state index contributed by atoms with van der Waals surface area (Å²) in [4.78, 5) is 40.4. The second-order valence-corrected chi connectivity index (χ2v) is 13.8. The lowest BCUT2D eigenvalue weighted by Crippen LogP contribution is -2.52. The van der Waals surface area contributed by atoms with Gasteiger partial charge in [0.2, 0.25) is 5.91 Å². The number of benzene rings is 1. The van der Waals surface area contributed by atoms with Crippen LogP contribution in [0.2, 0.25) is 0 Å². The topological polar surface area (TPSA) is 140 Å². The minimum Gasteiger partial charge on any atom is -0.389 e. The molecule has 0 unspecified atom stereocenters. The summed E-state index contributed by atoms with van der Waals surface area (Å²) >= 11 is 1.37. The Labute approximate surface area is 243 Å². The molecular weight excluding hydrogens is 570 g/mol. The van der Waals surface area contributed by atoms with Gasteiger partial charge in [-0.15, -0.1) is 11.3 Å². The van der Waals surface area contributed by atoms with Crippen molar-refractivity contribution in [3.63, 3.8) is 0 Å². The number of sulfone groups is 1. The number of aromatic nitrogens is 1. The summed E-state index contributed by atoms with van der Waals surface area (Å²) in [7, 11) is -3.54. The van der Waals surface area contributed by atoms with Gasteiger partial charge in [-0.1, -0.05) is 17.3 Å². The number of nitrogens with zero attached hydrogens (tertiary/aromatic N) is 4. The van der Waals surface area contributed by atoms with Gasteiger partial charge in [0.25, 0.3) is 5.91 Å². The van der Waals surface area contributed by atoms with Crippen LogP contribution < -0.4 is 5.32 Å². The Balaban J connectivity index is 1.27. The summed E-state index contributed by atoms with van der Waals surface area (Å²) in [5, 5.41) is 6.82. The smallest absolute Gasteiger partial charge is 0.280 e. The third kappa shape index (κ3) is 7.12. The van der Waals surface area contributed by atoms with Crippen molar-refractivity contribution in [2.45, 2.75) is 55.5 Å². The molecule has 2 aromatic rings. The number of carbonyl (C=O) groups excluding carboxylic acids is 2. The highest BCUT2D eigenvalue weighted by Gasteiger charge is 2.31. The number of thiazole rings is 1. The molecule has 0 radical (unpaired) electrons. The van der Waals surface area contributed by atoms with Gasteiger partial charge in [0.15, 0.2) is 26.8 Å². The first-order valence-corrected chi connectivity index (χ1v) is 16.1. The number of hydrogen-bond acceptors (Lipinski definition) is 11. The summed E-state index contributed by atoms with van der Waals surface area (Å²) in [6.07, 6.45) is 2.59. The maximum Gasteiger partial charge on any atom is 0.280 e. The van der Waals surface area contributed by atoms with Crippen molar-refractivity contribution in [2.24, 2.45) is 5.16 Å². The molecule has 41 heavy (non-hydrogen) atoms. The molecular formula is C27H35N5O7S2. The molecule has 1 aromatic heterocycles. The van der Waals surface area contributed by atoms with Crippen LogP contribution in [-0.4, -0.2) is 104 Å². The first-order valence-electron chi connectivity index (χ1n) is 13.7. The first-order chi connectivity index (χ1) is 19.7. The van der Waals surface area contributed by atoms with E-state index in [4.69, 9.17) is 14.3 Å². The van der Waals surface area contributed by atoms with Crippen LogP contribution in [0.4, 0.5) is 5.13 Å². The first kappa shape index (κ1) is 29.6. The van der Waals surface area contributed by atoms with Gasteiger partial charge in [-0.05, 0) is 25.5 Å². The standard InChI is InChI=1S/C27H35N5O7S2/c1-18-14-31(9-10-32(18)19(2)33)15-22-13-28-27(40-22)29-26(34)25(30-39-21-7-11-37-16-21)20-3-5-23(6-4-20)41(35,36)24-8-12-38-17-24/h3-6,13,18,21,24H,7-12,14-17H2,1-2H3,(H,28,29,34)/t18-,21-,24+/m1/s1. The lowest BCUT2D eigenvalue weighted by molar-refractivity contribution is -0.133. The Bertz CT molecular complexity index is 1370. The third-order valence-corrected chi connectivity index (χ3v) is 10.5. The molecule has 3 aliphatic heterocycles. The van der Waals surface area contributed by atoms with Gasteiger partial charge < -0.3 is 19.2 Å². The molecule has 0 aliphatic carbocycles. The van der Waals surface area contributed by atoms with Crippen LogP contribution in [0.1, 0.15) is 37.1 Å². The second-order valence-electron chi connectivity index (χ2n) is 10.5. The van der Waals surface area contributed by atoms with E-state index in [2.05, 4.69) is 20.4 Å². The molecule has 0 saturated carbocycles. The Morgan fingerprint density at radius 2 is 1.90 bits per heavy atom.